The monoisotopic (exact) mass is 424 g/mol. The van der Waals surface area contributed by atoms with Crippen LogP contribution in [-0.4, -0.2) is 19.2 Å². The molecule has 0 saturated carbocycles. The average Bonchev–Trinajstić information content (AvgIpc) is 2.74. The first kappa shape index (κ1) is 21.0. The second-order valence-corrected chi connectivity index (χ2v) is 8.11. The van der Waals surface area contributed by atoms with Gasteiger partial charge < -0.3 is 5.11 Å². The smallest absolute Gasteiger partial charge is 0.269 e. The van der Waals surface area contributed by atoms with Gasteiger partial charge in [-0.15, -0.1) is 0 Å². The minimum Gasteiger partial charge on any atom is -0.858 e. The molecule has 0 saturated heterocycles. The molecule has 0 bridgehead atoms. The van der Waals surface area contributed by atoms with E-state index in [-0.39, 0.29) is 21.8 Å². The van der Waals surface area contributed by atoms with E-state index < -0.39 is 26.9 Å². The van der Waals surface area contributed by atoms with Crippen LogP contribution in [0.1, 0.15) is 24.1 Å². The molecule has 0 radical (unpaired) electrons. The molecule has 0 aliphatic carbocycles. The number of nitro benzene ring substituents is 1. The van der Waals surface area contributed by atoms with Crippen molar-refractivity contribution in [3.05, 3.63) is 100 Å². The molecular weight excluding hydrogens is 406 g/mol. The Bertz CT molecular complexity index is 1180. The number of anilines is 1. The van der Waals surface area contributed by atoms with Crippen LogP contribution in [0.25, 0.3) is 0 Å². The van der Waals surface area contributed by atoms with Gasteiger partial charge in [0.25, 0.3) is 15.7 Å². The number of hydrogen-bond donors (Lipinski definition) is 1. The van der Waals surface area contributed by atoms with E-state index in [9.17, 15) is 23.6 Å². The minimum atomic E-state index is -4.06. The molecule has 8 nitrogen and oxygen atoms in total. The van der Waals surface area contributed by atoms with Crippen LogP contribution in [0.5, 0.6) is 0 Å². The van der Waals surface area contributed by atoms with Crippen molar-refractivity contribution in [1.82, 2.24) is 0 Å². The standard InChI is InChI=1S/C21H19N3O5S/c1-15(16-7-3-2-4-8-16)22-21(25)19-9-5-6-10-20(19)23-30(28,29)18-13-11-17(12-14-18)24(26)27/h2-15,23H,1H3,(H,22,25)/p-1/t15-/m1/s1. The summed E-state index contributed by atoms with van der Waals surface area (Å²) in [4.78, 5) is 14.1. The highest BCUT2D eigenvalue weighted by Gasteiger charge is 2.17. The van der Waals surface area contributed by atoms with Gasteiger partial charge in [0.2, 0.25) is 0 Å². The minimum absolute atomic E-state index is 0.0739. The van der Waals surface area contributed by atoms with Gasteiger partial charge in [-0.3, -0.25) is 19.8 Å². The van der Waals surface area contributed by atoms with Crippen LogP contribution < -0.4 is 9.83 Å². The van der Waals surface area contributed by atoms with Crippen LogP contribution in [0, 0.1) is 10.1 Å². The van der Waals surface area contributed by atoms with Gasteiger partial charge in [0.15, 0.2) is 0 Å². The maximum Gasteiger partial charge on any atom is 0.269 e. The predicted octanol–water partition coefficient (Wildman–Crippen LogP) is 3.26. The van der Waals surface area contributed by atoms with Crippen molar-refractivity contribution in [2.45, 2.75) is 17.9 Å². The van der Waals surface area contributed by atoms with E-state index in [0.29, 0.717) is 0 Å². The molecular formula is C21H18N3O5S-. The van der Waals surface area contributed by atoms with Crippen molar-refractivity contribution in [2.75, 3.05) is 4.72 Å². The molecule has 1 N–H and O–H groups in total. The molecule has 154 valence electrons. The number of sulfonamides is 1. The summed E-state index contributed by atoms with van der Waals surface area (Å²) in [5.74, 6) is -0.562. The van der Waals surface area contributed by atoms with Crippen molar-refractivity contribution in [3.8, 4) is 0 Å². The molecule has 3 aromatic carbocycles. The Hall–Kier alpha value is -3.72. The summed E-state index contributed by atoms with van der Waals surface area (Å²) >= 11 is 0. The number of non-ortho nitro benzene ring substituents is 1. The third kappa shape index (κ3) is 4.81. The molecule has 1 atom stereocenters. The molecule has 0 aromatic heterocycles. The molecule has 0 amide bonds. The largest absolute Gasteiger partial charge is 0.858 e. The Labute approximate surface area is 173 Å². The van der Waals surface area contributed by atoms with Crippen molar-refractivity contribution in [1.29, 1.82) is 0 Å². The summed E-state index contributed by atoms with van der Waals surface area (Å²) in [6.07, 6.45) is 0. The lowest BCUT2D eigenvalue weighted by atomic mass is 10.1. The first-order valence-electron chi connectivity index (χ1n) is 8.94. The Morgan fingerprint density at radius 1 is 0.967 bits per heavy atom. The first-order chi connectivity index (χ1) is 14.3. The second kappa shape index (κ2) is 8.75. The summed E-state index contributed by atoms with van der Waals surface area (Å²) in [6.45, 7) is 1.77. The number of aliphatic imine (C=N–C) groups is 1. The van der Waals surface area contributed by atoms with Gasteiger partial charge in [0.05, 0.1) is 21.5 Å². The molecule has 0 fully saturated rings. The molecule has 3 aromatic rings. The van der Waals surface area contributed by atoms with Crippen LogP contribution >= 0.6 is 0 Å². The Kier molecular flexibility index (Phi) is 6.12. The molecule has 0 unspecified atom stereocenters. The summed E-state index contributed by atoms with van der Waals surface area (Å²) in [5.41, 5.74) is 0.809. The Balaban J connectivity index is 1.89. The van der Waals surface area contributed by atoms with Gasteiger partial charge in [-0.2, -0.15) is 0 Å². The van der Waals surface area contributed by atoms with E-state index >= 15 is 0 Å². The number of nitrogens with zero attached hydrogens (tertiary/aromatic N) is 2. The topological polar surface area (TPSA) is 125 Å². The van der Waals surface area contributed by atoms with Gasteiger partial charge >= 0.3 is 0 Å². The van der Waals surface area contributed by atoms with Gasteiger partial charge in [0.1, 0.15) is 0 Å². The number of nitrogens with one attached hydrogen (secondary N) is 1. The Morgan fingerprint density at radius 3 is 2.20 bits per heavy atom. The summed E-state index contributed by atoms with van der Waals surface area (Å²) < 4.78 is 27.7. The average molecular weight is 424 g/mol. The van der Waals surface area contributed by atoms with Crippen molar-refractivity contribution in [3.63, 3.8) is 0 Å². The molecule has 0 aliphatic rings. The Morgan fingerprint density at radius 2 is 1.57 bits per heavy atom. The van der Waals surface area contributed by atoms with Crippen molar-refractivity contribution in [2.24, 2.45) is 4.99 Å². The van der Waals surface area contributed by atoms with E-state index in [0.717, 1.165) is 29.8 Å². The fourth-order valence-electron chi connectivity index (χ4n) is 2.76. The zero-order valence-corrected chi connectivity index (χ0v) is 16.7. The molecule has 9 heteroatoms. The highest BCUT2D eigenvalue weighted by atomic mass is 32.2. The molecule has 30 heavy (non-hydrogen) atoms. The third-order valence-corrected chi connectivity index (χ3v) is 5.73. The fourth-order valence-corrected chi connectivity index (χ4v) is 3.84. The summed E-state index contributed by atoms with van der Waals surface area (Å²) in [6, 6.07) is 19.5. The van der Waals surface area contributed by atoms with Crippen molar-refractivity contribution >= 4 is 27.3 Å². The predicted molar refractivity (Wildman–Crippen MR) is 112 cm³/mol. The van der Waals surface area contributed by atoms with E-state index in [4.69, 9.17) is 0 Å². The fraction of sp³-hybridized carbons (Fsp3) is 0.0952. The number of para-hydroxylation sites is 1. The lowest BCUT2D eigenvalue weighted by Gasteiger charge is -2.19. The van der Waals surface area contributed by atoms with Crippen LogP contribution in [0.4, 0.5) is 11.4 Å². The zero-order chi connectivity index (χ0) is 21.7. The lowest BCUT2D eigenvalue weighted by molar-refractivity contribution is -0.384. The van der Waals surface area contributed by atoms with E-state index in [1.807, 2.05) is 30.3 Å². The lowest BCUT2D eigenvalue weighted by Crippen LogP contribution is -2.23. The van der Waals surface area contributed by atoms with Crippen LogP contribution in [-0.2, 0) is 10.0 Å². The van der Waals surface area contributed by atoms with Crippen LogP contribution in [0.15, 0.2) is 88.8 Å². The second-order valence-electron chi connectivity index (χ2n) is 6.42. The van der Waals surface area contributed by atoms with Gasteiger partial charge in [0, 0.05) is 17.7 Å². The summed E-state index contributed by atoms with van der Waals surface area (Å²) in [5, 5.41) is 23.5. The van der Waals surface area contributed by atoms with Gasteiger partial charge in [-0.1, -0.05) is 48.5 Å². The number of hydrogen-bond acceptors (Lipinski definition) is 6. The molecule has 0 heterocycles. The van der Waals surface area contributed by atoms with E-state index in [2.05, 4.69) is 9.71 Å². The maximum absolute atomic E-state index is 12.7. The third-order valence-electron chi connectivity index (χ3n) is 4.35. The normalized spacial score (nSPS) is 12.9. The SMILES string of the molecule is C[C@@H](N=C([O-])c1ccccc1NS(=O)(=O)c1ccc([N+](=O)[O-])cc1)c1ccccc1. The highest BCUT2D eigenvalue weighted by molar-refractivity contribution is 7.92. The maximum atomic E-state index is 12.7. The van der Waals surface area contributed by atoms with Gasteiger partial charge in [-0.25, -0.2) is 8.42 Å². The number of rotatable bonds is 7. The summed E-state index contributed by atoms with van der Waals surface area (Å²) in [7, 11) is -4.06. The molecule has 0 aliphatic heterocycles. The zero-order valence-electron chi connectivity index (χ0n) is 15.9. The molecule has 0 spiro atoms. The van der Waals surface area contributed by atoms with Crippen LogP contribution in [0.2, 0.25) is 0 Å². The van der Waals surface area contributed by atoms with Gasteiger partial charge in [-0.05, 0) is 36.6 Å². The van der Waals surface area contributed by atoms with Crippen molar-refractivity contribution < 1.29 is 18.4 Å². The first-order valence-corrected chi connectivity index (χ1v) is 10.4. The molecule has 3 rings (SSSR count). The van der Waals surface area contributed by atoms with Crippen LogP contribution in [0.3, 0.4) is 0 Å². The highest BCUT2D eigenvalue weighted by Crippen LogP contribution is 2.23. The van der Waals surface area contributed by atoms with E-state index in [1.165, 1.54) is 12.1 Å². The van der Waals surface area contributed by atoms with E-state index in [1.54, 1.807) is 19.1 Å². The number of nitro groups is 1. The quantitative estimate of drug-likeness (QED) is 0.270. The number of benzene rings is 3.